The van der Waals surface area contributed by atoms with Gasteiger partial charge in [-0.3, -0.25) is 4.79 Å². The zero-order chi connectivity index (χ0) is 19.1. The third kappa shape index (κ3) is 5.26. The molecular weight excluding hydrogens is 332 g/mol. The van der Waals surface area contributed by atoms with E-state index in [1.54, 1.807) is 31.4 Å². The van der Waals surface area contributed by atoms with Crippen molar-refractivity contribution in [2.24, 2.45) is 5.92 Å². The van der Waals surface area contributed by atoms with E-state index in [0.29, 0.717) is 25.0 Å². The molecule has 0 amide bonds. The quantitative estimate of drug-likeness (QED) is 0.549. The molecule has 5 nitrogen and oxygen atoms in total. The van der Waals surface area contributed by atoms with Crippen molar-refractivity contribution in [1.82, 2.24) is 0 Å². The van der Waals surface area contributed by atoms with Crippen molar-refractivity contribution in [2.45, 2.75) is 51.9 Å². The molecule has 0 bridgehead atoms. The van der Waals surface area contributed by atoms with E-state index < -0.39 is 24.1 Å². The first kappa shape index (κ1) is 20.3. The van der Waals surface area contributed by atoms with E-state index in [-0.39, 0.29) is 11.9 Å². The van der Waals surface area contributed by atoms with Gasteiger partial charge < -0.3 is 14.2 Å². The number of hydrogen-bond acceptors (Lipinski definition) is 5. The second kappa shape index (κ2) is 9.64. The van der Waals surface area contributed by atoms with E-state index in [2.05, 4.69) is 0 Å². The second-order valence-electron chi connectivity index (χ2n) is 6.86. The molecule has 0 saturated heterocycles. The summed E-state index contributed by atoms with van der Waals surface area (Å²) in [5.41, 5.74) is 1.65. The highest BCUT2D eigenvalue weighted by molar-refractivity contribution is 5.89. The predicted octanol–water partition coefficient (Wildman–Crippen LogP) is 3.58. The third-order valence-electron chi connectivity index (χ3n) is 4.66. The van der Waals surface area contributed by atoms with Crippen LogP contribution in [0.15, 0.2) is 42.0 Å². The molecule has 0 N–H and O–H groups in total. The lowest BCUT2D eigenvalue weighted by molar-refractivity contribution is -0.152. The topological polar surface area (TPSA) is 61.8 Å². The molecule has 1 aliphatic rings. The first-order chi connectivity index (χ1) is 12.4. The lowest BCUT2D eigenvalue weighted by Crippen LogP contribution is -2.50. The zero-order valence-corrected chi connectivity index (χ0v) is 15.9. The van der Waals surface area contributed by atoms with Crippen molar-refractivity contribution in [1.29, 1.82) is 0 Å². The Kier molecular flexibility index (Phi) is 7.54. The zero-order valence-electron chi connectivity index (χ0n) is 15.9. The average molecular weight is 360 g/mol. The summed E-state index contributed by atoms with van der Waals surface area (Å²) < 4.78 is 17.1. The molecule has 4 atom stereocenters. The Morgan fingerprint density at radius 3 is 2.58 bits per heavy atom. The van der Waals surface area contributed by atoms with E-state index in [4.69, 9.17) is 14.2 Å². The third-order valence-corrected chi connectivity index (χ3v) is 4.66. The van der Waals surface area contributed by atoms with Crippen molar-refractivity contribution in [3.63, 3.8) is 0 Å². The number of esters is 1. The molecule has 2 rings (SSSR count). The number of ketones is 1. The van der Waals surface area contributed by atoms with Gasteiger partial charge in [-0.05, 0) is 39.3 Å². The largest absolute Gasteiger partial charge is 0.456 e. The van der Waals surface area contributed by atoms with Gasteiger partial charge in [-0.15, -0.1) is 0 Å². The molecule has 0 radical (unpaired) electrons. The summed E-state index contributed by atoms with van der Waals surface area (Å²) >= 11 is 0. The molecular formula is C21H28O5. The molecule has 0 heterocycles. The molecule has 1 aromatic rings. The molecule has 1 fully saturated rings. The monoisotopic (exact) mass is 360 g/mol. The highest BCUT2D eigenvalue weighted by Crippen LogP contribution is 2.30. The summed E-state index contributed by atoms with van der Waals surface area (Å²) in [5.74, 6) is -0.759. The minimum absolute atomic E-state index is 0.0913. The van der Waals surface area contributed by atoms with Crippen molar-refractivity contribution >= 4 is 11.8 Å². The van der Waals surface area contributed by atoms with Crippen LogP contribution in [0.3, 0.4) is 0 Å². The van der Waals surface area contributed by atoms with Gasteiger partial charge >= 0.3 is 5.97 Å². The molecule has 142 valence electrons. The Morgan fingerprint density at radius 2 is 1.96 bits per heavy atom. The molecule has 1 saturated carbocycles. The fraction of sp³-hybridized carbons (Fsp3) is 0.524. The van der Waals surface area contributed by atoms with Gasteiger partial charge in [0.1, 0.15) is 18.0 Å². The summed E-state index contributed by atoms with van der Waals surface area (Å²) in [6, 6.07) is 8.84. The summed E-state index contributed by atoms with van der Waals surface area (Å²) in [7, 11) is 1.54. The Morgan fingerprint density at radius 1 is 1.27 bits per heavy atom. The number of carbonyl (C=O) groups excluding carboxylic acids is 2. The minimum atomic E-state index is -0.509. The van der Waals surface area contributed by atoms with E-state index >= 15 is 0 Å². The summed E-state index contributed by atoms with van der Waals surface area (Å²) in [6.07, 6.45) is 1.50. The van der Waals surface area contributed by atoms with Gasteiger partial charge in [-0.1, -0.05) is 29.8 Å². The van der Waals surface area contributed by atoms with Crippen molar-refractivity contribution in [2.75, 3.05) is 13.7 Å². The predicted molar refractivity (Wildman–Crippen MR) is 99.0 cm³/mol. The number of methoxy groups -OCH3 is 1. The standard InChI is InChI=1S/C21H28O5/c1-14(2)12-13-25-15(3)19-17(22)10-11-18(20(19)24-4)26-21(23)16-8-6-5-7-9-16/h5-9,12,15,18-20H,10-11,13H2,1-4H3/t15-,18+,19+,20+/m0/s1. The van der Waals surface area contributed by atoms with Crippen LogP contribution in [0.2, 0.25) is 0 Å². The molecule has 1 aliphatic carbocycles. The molecule has 1 aromatic carbocycles. The Bertz CT molecular complexity index is 633. The lowest BCUT2D eigenvalue weighted by Gasteiger charge is -2.38. The van der Waals surface area contributed by atoms with Gasteiger partial charge in [0.25, 0.3) is 0 Å². The molecule has 5 heteroatoms. The van der Waals surface area contributed by atoms with Crippen molar-refractivity contribution in [3.05, 3.63) is 47.5 Å². The van der Waals surface area contributed by atoms with Crippen LogP contribution in [-0.4, -0.2) is 43.8 Å². The number of hydrogen-bond donors (Lipinski definition) is 0. The van der Waals surface area contributed by atoms with Crippen molar-refractivity contribution < 1.29 is 23.8 Å². The number of benzene rings is 1. The number of rotatable bonds is 7. The number of ether oxygens (including phenoxy) is 3. The van der Waals surface area contributed by atoms with Gasteiger partial charge in [-0.2, -0.15) is 0 Å². The molecule has 0 spiro atoms. The van der Waals surface area contributed by atoms with Crippen LogP contribution in [0.5, 0.6) is 0 Å². The van der Waals surface area contributed by atoms with Crippen LogP contribution in [0, 0.1) is 5.92 Å². The Balaban J connectivity index is 2.07. The fourth-order valence-electron chi connectivity index (χ4n) is 3.23. The SMILES string of the molecule is CO[C@H]1[C@H]([C@H](C)OCC=C(C)C)C(=O)CC[C@H]1OC(=O)c1ccccc1. The molecule has 0 unspecified atom stereocenters. The first-order valence-electron chi connectivity index (χ1n) is 9.00. The number of Topliss-reactive ketones (excluding diaryl/α,β-unsaturated/α-hetero) is 1. The van der Waals surface area contributed by atoms with E-state index in [1.165, 1.54) is 0 Å². The molecule has 0 aromatic heterocycles. The van der Waals surface area contributed by atoms with Crippen LogP contribution < -0.4 is 0 Å². The fourth-order valence-corrected chi connectivity index (χ4v) is 3.23. The maximum atomic E-state index is 12.5. The highest BCUT2D eigenvalue weighted by Gasteiger charge is 2.44. The van der Waals surface area contributed by atoms with Gasteiger partial charge in [0.2, 0.25) is 0 Å². The smallest absolute Gasteiger partial charge is 0.338 e. The van der Waals surface area contributed by atoms with Gasteiger partial charge in [0, 0.05) is 13.5 Å². The van der Waals surface area contributed by atoms with E-state index in [1.807, 2.05) is 32.9 Å². The van der Waals surface area contributed by atoms with Crippen LogP contribution >= 0.6 is 0 Å². The van der Waals surface area contributed by atoms with Crippen LogP contribution in [-0.2, 0) is 19.0 Å². The maximum Gasteiger partial charge on any atom is 0.338 e. The maximum absolute atomic E-state index is 12.5. The summed E-state index contributed by atoms with van der Waals surface area (Å²) in [4.78, 5) is 24.9. The minimum Gasteiger partial charge on any atom is -0.456 e. The summed E-state index contributed by atoms with van der Waals surface area (Å²) in [5, 5.41) is 0. The number of allylic oxidation sites excluding steroid dienone is 1. The van der Waals surface area contributed by atoms with Crippen LogP contribution in [0.4, 0.5) is 0 Å². The van der Waals surface area contributed by atoms with Gasteiger partial charge in [-0.25, -0.2) is 4.79 Å². The van der Waals surface area contributed by atoms with Gasteiger partial charge in [0.15, 0.2) is 0 Å². The second-order valence-corrected chi connectivity index (χ2v) is 6.86. The van der Waals surface area contributed by atoms with Crippen LogP contribution in [0.25, 0.3) is 0 Å². The Hall–Kier alpha value is -1.98. The normalized spacial score (nSPS) is 24.0. The van der Waals surface area contributed by atoms with Crippen LogP contribution in [0.1, 0.15) is 44.0 Å². The average Bonchev–Trinajstić information content (AvgIpc) is 2.63. The Labute approximate surface area is 155 Å². The highest BCUT2D eigenvalue weighted by atomic mass is 16.6. The number of carbonyl (C=O) groups is 2. The summed E-state index contributed by atoms with van der Waals surface area (Å²) in [6.45, 7) is 6.31. The van der Waals surface area contributed by atoms with E-state index in [9.17, 15) is 9.59 Å². The van der Waals surface area contributed by atoms with Gasteiger partial charge in [0.05, 0.1) is 24.2 Å². The van der Waals surface area contributed by atoms with E-state index in [0.717, 1.165) is 5.57 Å². The molecule has 26 heavy (non-hydrogen) atoms. The van der Waals surface area contributed by atoms with Crippen molar-refractivity contribution in [3.8, 4) is 0 Å². The molecule has 0 aliphatic heterocycles. The lowest BCUT2D eigenvalue weighted by atomic mass is 9.80. The first-order valence-corrected chi connectivity index (χ1v) is 9.00.